The average Bonchev–Trinajstić information content (AvgIpc) is 3.11. The molecular formula is C29H47ClO2. The predicted octanol–water partition coefficient (Wildman–Crippen LogP) is 8.18. The van der Waals surface area contributed by atoms with E-state index in [2.05, 4.69) is 40.7 Å². The van der Waals surface area contributed by atoms with E-state index in [1.165, 1.54) is 57.8 Å². The van der Waals surface area contributed by atoms with Crippen LogP contribution in [-0.4, -0.2) is 18.0 Å². The number of alkyl halides is 1. The van der Waals surface area contributed by atoms with Crippen LogP contribution in [0.25, 0.3) is 0 Å². The summed E-state index contributed by atoms with van der Waals surface area (Å²) in [6, 6.07) is 0. The third kappa shape index (κ3) is 4.44. The molecule has 3 fully saturated rings. The minimum absolute atomic E-state index is 0.0329. The smallest absolute Gasteiger partial charge is 0.321 e. The van der Waals surface area contributed by atoms with E-state index in [1.807, 2.05) is 0 Å². The Morgan fingerprint density at radius 3 is 2.59 bits per heavy atom. The Balaban J connectivity index is 1.45. The first kappa shape index (κ1) is 24.6. The van der Waals surface area contributed by atoms with Crippen molar-refractivity contribution < 1.29 is 9.53 Å². The second kappa shape index (κ2) is 9.63. The summed E-state index contributed by atoms with van der Waals surface area (Å²) in [6.45, 7) is 12.5. The van der Waals surface area contributed by atoms with Crippen LogP contribution in [-0.2, 0) is 9.53 Å². The number of carbonyl (C=O) groups excluding carboxylic acids is 1. The maximum atomic E-state index is 11.7. The molecule has 0 aromatic rings. The van der Waals surface area contributed by atoms with Gasteiger partial charge >= 0.3 is 5.97 Å². The summed E-state index contributed by atoms with van der Waals surface area (Å²) in [5.41, 5.74) is 2.44. The van der Waals surface area contributed by atoms with Gasteiger partial charge in [-0.1, -0.05) is 65.5 Å². The molecule has 0 radical (unpaired) electrons. The summed E-state index contributed by atoms with van der Waals surface area (Å²) in [5, 5.41) is 0. The molecule has 3 saturated carbocycles. The van der Waals surface area contributed by atoms with E-state index in [1.54, 1.807) is 5.57 Å². The fourth-order valence-corrected chi connectivity index (χ4v) is 9.03. The first-order chi connectivity index (χ1) is 15.2. The van der Waals surface area contributed by atoms with Gasteiger partial charge in [-0.25, -0.2) is 0 Å². The van der Waals surface area contributed by atoms with Gasteiger partial charge in [0, 0.05) is 6.42 Å². The second-order valence-corrected chi connectivity index (χ2v) is 13.0. The van der Waals surface area contributed by atoms with Crippen LogP contribution in [0.2, 0.25) is 0 Å². The lowest BCUT2D eigenvalue weighted by Crippen LogP contribution is -2.51. The fraction of sp³-hybridized carbons (Fsp3) is 0.897. The van der Waals surface area contributed by atoms with E-state index >= 15 is 0 Å². The summed E-state index contributed by atoms with van der Waals surface area (Å²) in [7, 11) is 0. The number of fused-ring (bicyclic) bond motifs is 5. The van der Waals surface area contributed by atoms with Gasteiger partial charge in [-0.3, -0.25) is 4.79 Å². The van der Waals surface area contributed by atoms with Crippen molar-refractivity contribution in [3.63, 3.8) is 0 Å². The fourth-order valence-electron chi connectivity index (χ4n) is 8.97. The number of hydrogen-bond donors (Lipinski definition) is 0. The van der Waals surface area contributed by atoms with Gasteiger partial charge in [-0.05, 0) is 91.3 Å². The van der Waals surface area contributed by atoms with Crippen LogP contribution < -0.4 is 0 Å². The SMILES string of the molecule is CC(C)CCC[C@@H](C)[C@H]1CC[C@H]2C3CC=C4C[C@@H](OC(=O)CCl)CC[C@]4(C)[C@H]3CC[C@]12C. The zero-order valence-corrected chi connectivity index (χ0v) is 22.1. The predicted molar refractivity (Wildman–Crippen MR) is 134 cm³/mol. The van der Waals surface area contributed by atoms with Crippen molar-refractivity contribution in [1.82, 2.24) is 0 Å². The van der Waals surface area contributed by atoms with Crippen LogP contribution in [0.4, 0.5) is 0 Å². The molecule has 0 amide bonds. The molecule has 4 rings (SSSR count). The number of ether oxygens (including phenoxy) is 1. The van der Waals surface area contributed by atoms with Crippen LogP contribution in [0.1, 0.15) is 105 Å². The molecule has 0 aliphatic heterocycles. The first-order valence-corrected chi connectivity index (χ1v) is 14.2. The van der Waals surface area contributed by atoms with Gasteiger partial charge in [0.05, 0.1) is 0 Å². The number of halogens is 1. The van der Waals surface area contributed by atoms with Gasteiger partial charge in [0.1, 0.15) is 12.0 Å². The normalized spacial score (nSPS) is 42.0. The van der Waals surface area contributed by atoms with Crippen LogP contribution in [0.5, 0.6) is 0 Å². The monoisotopic (exact) mass is 462 g/mol. The number of hydrogen-bond acceptors (Lipinski definition) is 2. The molecule has 0 bridgehead atoms. The van der Waals surface area contributed by atoms with E-state index in [9.17, 15) is 4.79 Å². The van der Waals surface area contributed by atoms with Crippen molar-refractivity contribution in [2.45, 2.75) is 111 Å². The molecule has 8 atom stereocenters. The van der Waals surface area contributed by atoms with Gasteiger partial charge in [0.2, 0.25) is 0 Å². The third-order valence-electron chi connectivity index (χ3n) is 10.7. The van der Waals surface area contributed by atoms with Crippen LogP contribution in [0.3, 0.4) is 0 Å². The molecule has 32 heavy (non-hydrogen) atoms. The standard InChI is InChI=1S/C29H47ClO2/c1-19(2)7-6-8-20(3)24-11-12-25-23-10-9-21-17-22(32-27(31)18-30)13-15-28(21,4)26(23)14-16-29(24,25)5/h9,19-20,22-26H,6-8,10-18H2,1-5H3/t20-,22+,23?,24-,25+,26+,28+,29-/m1/s1. The Hall–Kier alpha value is -0.500. The molecule has 0 aromatic carbocycles. The van der Waals surface area contributed by atoms with Crippen molar-refractivity contribution in [3.05, 3.63) is 11.6 Å². The molecule has 182 valence electrons. The van der Waals surface area contributed by atoms with Crippen molar-refractivity contribution in [1.29, 1.82) is 0 Å². The van der Waals surface area contributed by atoms with Crippen LogP contribution in [0, 0.1) is 46.3 Å². The highest BCUT2D eigenvalue weighted by molar-refractivity contribution is 6.26. The van der Waals surface area contributed by atoms with Gasteiger partial charge < -0.3 is 4.74 Å². The Morgan fingerprint density at radius 2 is 1.88 bits per heavy atom. The summed E-state index contributed by atoms with van der Waals surface area (Å²) < 4.78 is 5.63. The maximum absolute atomic E-state index is 11.7. The Kier molecular flexibility index (Phi) is 7.41. The van der Waals surface area contributed by atoms with Crippen molar-refractivity contribution >= 4 is 17.6 Å². The highest BCUT2D eigenvalue weighted by atomic mass is 35.5. The summed E-state index contributed by atoms with van der Waals surface area (Å²) in [4.78, 5) is 11.7. The number of esters is 1. The number of rotatable bonds is 7. The van der Waals surface area contributed by atoms with Crippen molar-refractivity contribution in [3.8, 4) is 0 Å². The van der Waals surface area contributed by atoms with Crippen LogP contribution in [0.15, 0.2) is 11.6 Å². The summed E-state index contributed by atoms with van der Waals surface area (Å²) in [6.07, 6.45) is 16.9. The molecular weight excluding hydrogens is 416 g/mol. The minimum atomic E-state index is -0.262. The molecule has 1 unspecified atom stereocenters. The van der Waals surface area contributed by atoms with Crippen molar-refractivity contribution in [2.75, 3.05) is 5.88 Å². The number of allylic oxidation sites excluding steroid dienone is 1. The van der Waals surface area contributed by atoms with E-state index in [0.717, 1.165) is 48.3 Å². The zero-order chi connectivity index (χ0) is 23.1. The average molecular weight is 463 g/mol. The van der Waals surface area contributed by atoms with Gasteiger partial charge in [0.25, 0.3) is 0 Å². The highest BCUT2D eigenvalue weighted by Gasteiger charge is 2.59. The Bertz CT molecular complexity index is 714. The van der Waals surface area contributed by atoms with Crippen LogP contribution >= 0.6 is 11.6 Å². The molecule has 0 spiro atoms. The van der Waals surface area contributed by atoms with E-state index in [0.29, 0.717) is 10.8 Å². The van der Waals surface area contributed by atoms with E-state index in [4.69, 9.17) is 16.3 Å². The van der Waals surface area contributed by atoms with Gasteiger partial charge in [-0.2, -0.15) is 0 Å². The first-order valence-electron chi connectivity index (χ1n) is 13.6. The lowest BCUT2D eigenvalue weighted by molar-refractivity contribution is -0.148. The molecule has 4 aliphatic carbocycles. The summed E-state index contributed by atoms with van der Waals surface area (Å²) in [5.74, 6) is 4.92. The molecule has 4 aliphatic rings. The highest BCUT2D eigenvalue weighted by Crippen LogP contribution is 2.67. The molecule has 0 heterocycles. The van der Waals surface area contributed by atoms with Crippen molar-refractivity contribution in [2.24, 2.45) is 46.3 Å². The molecule has 0 saturated heterocycles. The lowest BCUT2D eigenvalue weighted by Gasteiger charge is -2.58. The third-order valence-corrected chi connectivity index (χ3v) is 10.9. The topological polar surface area (TPSA) is 26.3 Å². The molecule has 0 N–H and O–H groups in total. The Morgan fingerprint density at radius 1 is 1.09 bits per heavy atom. The second-order valence-electron chi connectivity index (χ2n) is 12.8. The largest absolute Gasteiger partial charge is 0.461 e. The zero-order valence-electron chi connectivity index (χ0n) is 21.3. The molecule has 2 nitrogen and oxygen atoms in total. The molecule has 3 heteroatoms. The van der Waals surface area contributed by atoms with E-state index in [-0.39, 0.29) is 18.0 Å². The lowest BCUT2D eigenvalue weighted by atomic mass is 9.47. The molecule has 0 aromatic heterocycles. The Labute approximate surface area is 202 Å². The maximum Gasteiger partial charge on any atom is 0.321 e. The van der Waals surface area contributed by atoms with E-state index < -0.39 is 0 Å². The minimum Gasteiger partial charge on any atom is -0.461 e. The number of carbonyl (C=O) groups is 1. The summed E-state index contributed by atoms with van der Waals surface area (Å²) >= 11 is 5.68. The van der Waals surface area contributed by atoms with Gasteiger partial charge in [0.15, 0.2) is 0 Å². The van der Waals surface area contributed by atoms with Gasteiger partial charge in [-0.15, -0.1) is 11.6 Å². The quantitative estimate of drug-likeness (QED) is 0.216.